The molecular weight excluding hydrogens is 288 g/mol. The lowest BCUT2D eigenvalue weighted by atomic mass is 10.1. The number of hydrogen-bond acceptors (Lipinski definition) is 4. The maximum atomic E-state index is 10.9. The van der Waals surface area contributed by atoms with Crippen molar-refractivity contribution in [1.29, 1.82) is 0 Å². The Morgan fingerprint density at radius 3 is 2.59 bits per heavy atom. The van der Waals surface area contributed by atoms with Gasteiger partial charge in [0.15, 0.2) is 0 Å². The molecule has 1 aromatic carbocycles. The van der Waals surface area contributed by atoms with Crippen molar-refractivity contribution >= 4 is 27.3 Å². The number of hydrogen-bond donors (Lipinski definition) is 1. The molecule has 0 aliphatic heterocycles. The van der Waals surface area contributed by atoms with Gasteiger partial charge in [-0.25, -0.2) is 0 Å². The molecule has 0 radical (unpaired) electrons. The Labute approximate surface area is 108 Å². The molecule has 0 unspecified atom stereocenters. The minimum atomic E-state index is -0.907. The van der Waals surface area contributed by atoms with E-state index in [1.807, 2.05) is 0 Å². The largest absolute Gasteiger partial charge is 0.389 e. The van der Waals surface area contributed by atoms with Crippen LogP contribution in [0.1, 0.15) is 13.8 Å². The standard InChI is InChI=1S/C11H15BrN2O3/c1-11(2,15)7-13(3)9-5-4-8(12)6-10(9)14(16)17/h4-6,15H,7H2,1-3H3. The third-order valence-corrected chi connectivity index (χ3v) is 2.66. The number of rotatable bonds is 4. The first-order chi connectivity index (χ1) is 7.70. The Kier molecular flexibility index (Phi) is 4.11. The van der Waals surface area contributed by atoms with Gasteiger partial charge in [-0.2, -0.15) is 0 Å². The molecule has 0 spiro atoms. The van der Waals surface area contributed by atoms with Gasteiger partial charge in [-0.3, -0.25) is 10.1 Å². The predicted molar refractivity (Wildman–Crippen MR) is 70.4 cm³/mol. The van der Waals surface area contributed by atoms with Crippen LogP contribution in [0.25, 0.3) is 0 Å². The van der Waals surface area contributed by atoms with Gasteiger partial charge in [-0.15, -0.1) is 0 Å². The molecule has 0 fully saturated rings. The highest BCUT2D eigenvalue weighted by atomic mass is 79.9. The van der Waals surface area contributed by atoms with Gasteiger partial charge in [-0.05, 0) is 26.0 Å². The van der Waals surface area contributed by atoms with Crippen molar-refractivity contribution in [2.45, 2.75) is 19.4 Å². The Morgan fingerprint density at radius 2 is 2.12 bits per heavy atom. The summed E-state index contributed by atoms with van der Waals surface area (Å²) in [5.41, 5.74) is -0.401. The molecule has 1 N–H and O–H groups in total. The second-order valence-corrected chi connectivity index (χ2v) is 5.47. The molecule has 1 aromatic rings. The molecule has 1 rings (SSSR count). The SMILES string of the molecule is CN(CC(C)(C)O)c1ccc(Br)cc1[N+](=O)[O-]. The molecule has 0 amide bonds. The number of nitrogens with zero attached hydrogens (tertiary/aromatic N) is 2. The summed E-state index contributed by atoms with van der Waals surface area (Å²) in [4.78, 5) is 12.2. The summed E-state index contributed by atoms with van der Waals surface area (Å²) < 4.78 is 0.657. The summed E-state index contributed by atoms with van der Waals surface area (Å²) in [7, 11) is 1.72. The fraction of sp³-hybridized carbons (Fsp3) is 0.455. The number of halogens is 1. The van der Waals surface area contributed by atoms with Crippen LogP contribution in [0.4, 0.5) is 11.4 Å². The maximum absolute atomic E-state index is 10.9. The summed E-state index contributed by atoms with van der Waals surface area (Å²) in [5, 5.41) is 20.7. The van der Waals surface area contributed by atoms with Crippen molar-refractivity contribution in [1.82, 2.24) is 0 Å². The molecule has 94 valence electrons. The van der Waals surface area contributed by atoms with Crippen molar-refractivity contribution in [2.75, 3.05) is 18.5 Å². The molecule has 0 saturated heterocycles. The zero-order chi connectivity index (χ0) is 13.2. The van der Waals surface area contributed by atoms with Crippen LogP contribution in [0.2, 0.25) is 0 Å². The van der Waals surface area contributed by atoms with E-state index in [4.69, 9.17) is 0 Å². The van der Waals surface area contributed by atoms with Crippen LogP contribution in [0.5, 0.6) is 0 Å². The van der Waals surface area contributed by atoms with Gasteiger partial charge in [0.1, 0.15) is 5.69 Å². The molecule has 0 saturated carbocycles. The second-order valence-electron chi connectivity index (χ2n) is 4.56. The van der Waals surface area contributed by atoms with E-state index < -0.39 is 10.5 Å². The molecule has 0 bridgehead atoms. The van der Waals surface area contributed by atoms with E-state index in [-0.39, 0.29) is 5.69 Å². The average molecular weight is 303 g/mol. The molecule has 0 atom stereocenters. The number of nitro groups is 1. The first-order valence-electron chi connectivity index (χ1n) is 5.08. The molecule has 0 aliphatic rings. The molecule has 0 aliphatic carbocycles. The third-order valence-electron chi connectivity index (χ3n) is 2.17. The Balaban J connectivity index is 3.09. The van der Waals surface area contributed by atoms with Crippen molar-refractivity contribution in [3.8, 4) is 0 Å². The van der Waals surface area contributed by atoms with Gasteiger partial charge in [0.2, 0.25) is 0 Å². The predicted octanol–water partition coefficient (Wildman–Crippen LogP) is 2.56. The van der Waals surface area contributed by atoms with E-state index in [0.717, 1.165) is 0 Å². The lowest BCUT2D eigenvalue weighted by Crippen LogP contribution is -2.36. The fourth-order valence-electron chi connectivity index (χ4n) is 1.63. The number of aliphatic hydroxyl groups is 1. The molecule has 0 heterocycles. The van der Waals surface area contributed by atoms with Crippen LogP contribution in [0.15, 0.2) is 22.7 Å². The van der Waals surface area contributed by atoms with Crippen molar-refractivity contribution in [3.63, 3.8) is 0 Å². The average Bonchev–Trinajstić information content (AvgIpc) is 2.14. The molecule has 6 heteroatoms. The smallest absolute Gasteiger partial charge is 0.293 e. The lowest BCUT2D eigenvalue weighted by Gasteiger charge is -2.26. The van der Waals surface area contributed by atoms with Crippen molar-refractivity contribution < 1.29 is 10.0 Å². The van der Waals surface area contributed by atoms with Crippen LogP contribution >= 0.6 is 15.9 Å². The topological polar surface area (TPSA) is 66.6 Å². The summed E-state index contributed by atoms with van der Waals surface area (Å²) in [6.07, 6.45) is 0. The third kappa shape index (κ3) is 3.98. The van der Waals surface area contributed by atoms with Gasteiger partial charge < -0.3 is 10.0 Å². The summed E-state index contributed by atoms with van der Waals surface area (Å²) in [6.45, 7) is 3.64. The Hall–Kier alpha value is -1.14. The summed E-state index contributed by atoms with van der Waals surface area (Å²) in [6, 6.07) is 4.85. The van der Waals surface area contributed by atoms with Gasteiger partial charge in [-0.1, -0.05) is 15.9 Å². The van der Waals surface area contributed by atoms with Crippen LogP contribution in [-0.2, 0) is 0 Å². The highest BCUT2D eigenvalue weighted by Crippen LogP contribution is 2.31. The Bertz CT molecular complexity index is 429. The van der Waals surface area contributed by atoms with Crippen molar-refractivity contribution in [3.05, 3.63) is 32.8 Å². The number of benzene rings is 1. The van der Waals surface area contributed by atoms with Gasteiger partial charge in [0.05, 0.1) is 10.5 Å². The highest BCUT2D eigenvalue weighted by Gasteiger charge is 2.22. The minimum absolute atomic E-state index is 0.0196. The van der Waals surface area contributed by atoms with Crippen LogP contribution in [0, 0.1) is 10.1 Å². The zero-order valence-electron chi connectivity index (χ0n) is 9.98. The Morgan fingerprint density at radius 1 is 1.53 bits per heavy atom. The van der Waals surface area contributed by atoms with Gasteiger partial charge in [0, 0.05) is 24.1 Å². The fourth-order valence-corrected chi connectivity index (χ4v) is 1.98. The van der Waals surface area contributed by atoms with Gasteiger partial charge in [0.25, 0.3) is 5.69 Å². The zero-order valence-corrected chi connectivity index (χ0v) is 11.6. The summed E-state index contributed by atoms with van der Waals surface area (Å²) >= 11 is 3.20. The number of likely N-dealkylation sites (N-methyl/N-ethyl adjacent to an activating group) is 1. The van der Waals surface area contributed by atoms with E-state index in [9.17, 15) is 15.2 Å². The molecule has 17 heavy (non-hydrogen) atoms. The monoisotopic (exact) mass is 302 g/mol. The summed E-state index contributed by atoms with van der Waals surface area (Å²) in [5.74, 6) is 0. The minimum Gasteiger partial charge on any atom is -0.389 e. The highest BCUT2D eigenvalue weighted by molar-refractivity contribution is 9.10. The van der Waals surface area contributed by atoms with Crippen LogP contribution < -0.4 is 4.90 Å². The molecule has 0 aromatic heterocycles. The van der Waals surface area contributed by atoms with Crippen LogP contribution in [-0.4, -0.2) is 29.2 Å². The van der Waals surface area contributed by atoms with E-state index in [1.165, 1.54) is 6.07 Å². The van der Waals surface area contributed by atoms with E-state index >= 15 is 0 Å². The molecular formula is C11H15BrN2O3. The lowest BCUT2D eigenvalue weighted by molar-refractivity contribution is -0.384. The first kappa shape index (κ1) is 13.9. The first-order valence-corrected chi connectivity index (χ1v) is 5.87. The van der Waals surface area contributed by atoms with Crippen LogP contribution in [0.3, 0.4) is 0 Å². The second kappa shape index (κ2) is 5.01. The number of nitro benzene ring substituents is 1. The van der Waals surface area contributed by atoms with Gasteiger partial charge >= 0.3 is 0 Å². The van der Waals surface area contributed by atoms with E-state index in [1.54, 1.807) is 37.9 Å². The maximum Gasteiger partial charge on any atom is 0.293 e. The quantitative estimate of drug-likeness (QED) is 0.686. The van der Waals surface area contributed by atoms with Crippen molar-refractivity contribution in [2.24, 2.45) is 0 Å². The number of anilines is 1. The molecule has 5 nitrogen and oxygen atoms in total. The normalized spacial score (nSPS) is 11.4. The van der Waals surface area contributed by atoms with E-state index in [0.29, 0.717) is 16.7 Å². The van der Waals surface area contributed by atoms with E-state index in [2.05, 4.69) is 15.9 Å².